The van der Waals surface area contributed by atoms with Gasteiger partial charge >= 0.3 is 0 Å². The average Bonchev–Trinajstić information content (AvgIpc) is 2.76. The summed E-state index contributed by atoms with van der Waals surface area (Å²) in [6.07, 6.45) is 3.97. The van der Waals surface area contributed by atoms with Gasteiger partial charge in [0.25, 0.3) is 0 Å². The molecular formula is C16H13ClFN. The van der Waals surface area contributed by atoms with Crippen molar-refractivity contribution in [3.05, 3.63) is 63.9 Å². The lowest BCUT2D eigenvalue weighted by atomic mass is 10.0. The zero-order valence-corrected chi connectivity index (χ0v) is 11.0. The molecule has 0 saturated heterocycles. The molecule has 0 radical (unpaired) electrons. The Balaban J connectivity index is 2.00. The summed E-state index contributed by atoms with van der Waals surface area (Å²) >= 11 is 5.69. The highest BCUT2D eigenvalue weighted by atomic mass is 35.5. The molecule has 0 amide bonds. The fourth-order valence-electron chi connectivity index (χ4n) is 2.49. The predicted octanol–water partition coefficient (Wildman–Crippen LogP) is 4.55. The summed E-state index contributed by atoms with van der Waals surface area (Å²) in [7, 11) is 0. The van der Waals surface area contributed by atoms with Crippen molar-refractivity contribution in [2.75, 3.05) is 5.73 Å². The number of fused-ring (bicyclic) bond motifs is 1. The first-order chi connectivity index (χ1) is 9.13. The summed E-state index contributed by atoms with van der Waals surface area (Å²) in [4.78, 5) is 0. The van der Waals surface area contributed by atoms with Gasteiger partial charge in [-0.05, 0) is 59.4 Å². The maximum Gasteiger partial charge on any atom is 0.142 e. The number of hydrogen-bond donors (Lipinski definition) is 1. The van der Waals surface area contributed by atoms with Gasteiger partial charge in [0.2, 0.25) is 0 Å². The minimum absolute atomic E-state index is 0.154. The van der Waals surface area contributed by atoms with Crippen molar-refractivity contribution in [3.63, 3.8) is 0 Å². The van der Waals surface area contributed by atoms with Crippen LogP contribution in [0.25, 0.3) is 11.6 Å². The topological polar surface area (TPSA) is 26.0 Å². The lowest BCUT2D eigenvalue weighted by Crippen LogP contribution is -1.87. The Morgan fingerprint density at radius 2 is 1.95 bits per heavy atom. The monoisotopic (exact) mass is 273 g/mol. The highest BCUT2D eigenvalue weighted by molar-refractivity contribution is 6.30. The second kappa shape index (κ2) is 4.71. The zero-order chi connectivity index (χ0) is 13.4. The fourth-order valence-corrected chi connectivity index (χ4v) is 2.61. The Labute approximate surface area is 116 Å². The lowest BCUT2D eigenvalue weighted by Gasteiger charge is -2.03. The van der Waals surface area contributed by atoms with Gasteiger partial charge in [-0.2, -0.15) is 0 Å². The number of rotatable bonds is 1. The minimum Gasteiger partial charge on any atom is -0.399 e. The molecule has 1 aliphatic carbocycles. The molecule has 2 aromatic rings. The summed E-state index contributed by atoms with van der Waals surface area (Å²) < 4.78 is 13.4. The molecule has 0 saturated carbocycles. The summed E-state index contributed by atoms with van der Waals surface area (Å²) in [5.74, 6) is -0.383. The van der Waals surface area contributed by atoms with Crippen molar-refractivity contribution in [2.24, 2.45) is 0 Å². The molecule has 0 bridgehead atoms. The molecule has 3 rings (SSSR count). The van der Waals surface area contributed by atoms with Crippen molar-refractivity contribution in [1.29, 1.82) is 0 Å². The molecule has 1 nitrogen and oxygen atoms in total. The molecule has 0 aromatic heterocycles. The maximum atomic E-state index is 13.4. The smallest absolute Gasteiger partial charge is 0.142 e. The van der Waals surface area contributed by atoms with E-state index in [2.05, 4.69) is 0 Å². The van der Waals surface area contributed by atoms with E-state index < -0.39 is 0 Å². The van der Waals surface area contributed by atoms with E-state index in [9.17, 15) is 4.39 Å². The van der Waals surface area contributed by atoms with Crippen LogP contribution in [-0.4, -0.2) is 0 Å². The molecular weight excluding hydrogens is 261 g/mol. The molecule has 0 unspecified atom stereocenters. The van der Waals surface area contributed by atoms with E-state index >= 15 is 0 Å². The number of benzene rings is 2. The van der Waals surface area contributed by atoms with Crippen LogP contribution in [0.4, 0.5) is 10.1 Å². The summed E-state index contributed by atoms with van der Waals surface area (Å²) in [6.45, 7) is 0. The van der Waals surface area contributed by atoms with Gasteiger partial charge in [0, 0.05) is 5.69 Å². The molecule has 0 fully saturated rings. The SMILES string of the molecule is Nc1ccc2c(c1)CC/C2=C\c1ccc(Cl)c(F)c1. The Kier molecular flexibility index (Phi) is 3.03. The molecule has 2 N–H and O–H groups in total. The maximum absolute atomic E-state index is 13.4. The van der Waals surface area contributed by atoms with Crippen LogP contribution >= 0.6 is 11.6 Å². The molecule has 96 valence electrons. The van der Waals surface area contributed by atoms with Crippen molar-refractivity contribution in [3.8, 4) is 0 Å². The molecule has 0 heterocycles. The Hall–Kier alpha value is -1.80. The first-order valence-electron chi connectivity index (χ1n) is 6.18. The highest BCUT2D eigenvalue weighted by Gasteiger charge is 2.16. The lowest BCUT2D eigenvalue weighted by molar-refractivity contribution is 0.628. The van der Waals surface area contributed by atoms with Crippen LogP contribution in [-0.2, 0) is 6.42 Å². The Morgan fingerprint density at radius 3 is 2.74 bits per heavy atom. The number of nitrogen functional groups attached to an aromatic ring is 1. The first kappa shape index (κ1) is 12.2. The number of nitrogens with two attached hydrogens (primary N) is 1. The molecule has 1 aliphatic rings. The number of anilines is 1. The molecule has 2 aromatic carbocycles. The zero-order valence-electron chi connectivity index (χ0n) is 10.3. The number of halogens is 2. The van der Waals surface area contributed by atoms with Crippen LogP contribution in [0.1, 0.15) is 23.1 Å². The molecule has 0 atom stereocenters. The predicted molar refractivity (Wildman–Crippen MR) is 78.5 cm³/mol. The van der Waals surface area contributed by atoms with Crippen LogP contribution in [0.2, 0.25) is 5.02 Å². The fraction of sp³-hybridized carbons (Fsp3) is 0.125. The van der Waals surface area contributed by atoms with Gasteiger partial charge in [-0.3, -0.25) is 0 Å². The van der Waals surface area contributed by atoms with E-state index in [-0.39, 0.29) is 10.8 Å². The van der Waals surface area contributed by atoms with E-state index in [0.717, 1.165) is 24.1 Å². The first-order valence-corrected chi connectivity index (χ1v) is 6.56. The van der Waals surface area contributed by atoms with Gasteiger partial charge in [-0.15, -0.1) is 0 Å². The van der Waals surface area contributed by atoms with Crippen LogP contribution in [0.15, 0.2) is 36.4 Å². The third-order valence-electron chi connectivity index (χ3n) is 3.42. The number of hydrogen-bond acceptors (Lipinski definition) is 1. The normalized spacial score (nSPS) is 15.8. The van der Waals surface area contributed by atoms with E-state index in [0.29, 0.717) is 0 Å². The second-order valence-corrected chi connectivity index (χ2v) is 5.17. The number of aryl methyl sites for hydroxylation is 1. The van der Waals surface area contributed by atoms with Gasteiger partial charge in [0.15, 0.2) is 0 Å². The van der Waals surface area contributed by atoms with E-state index in [1.165, 1.54) is 22.8 Å². The summed E-state index contributed by atoms with van der Waals surface area (Å²) in [5, 5.41) is 0.154. The number of allylic oxidation sites excluding steroid dienone is 1. The second-order valence-electron chi connectivity index (χ2n) is 4.76. The van der Waals surface area contributed by atoms with Crippen LogP contribution in [0, 0.1) is 5.82 Å². The largest absolute Gasteiger partial charge is 0.399 e. The van der Waals surface area contributed by atoms with Crippen molar-refractivity contribution >= 4 is 28.9 Å². The van der Waals surface area contributed by atoms with Crippen LogP contribution in [0.5, 0.6) is 0 Å². The van der Waals surface area contributed by atoms with Gasteiger partial charge in [-0.1, -0.05) is 29.8 Å². The average molecular weight is 274 g/mol. The third kappa shape index (κ3) is 2.36. The third-order valence-corrected chi connectivity index (χ3v) is 3.73. The van der Waals surface area contributed by atoms with E-state index in [1.807, 2.05) is 30.3 Å². The van der Waals surface area contributed by atoms with Gasteiger partial charge < -0.3 is 5.73 Å². The highest BCUT2D eigenvalue weighted by Crippen LogP contribution is 2.34. The van der Waals surface area contributed by atoms with Gasteiger partial charge in [0.1, 0.15) is 5.82 Å². The quantitative estimate of drug-likeness (QED) is 0.758. The van der Waals surface area contributed by atoms with Gasteiger partial charge in [-0.25, -0.2) is 4.39 Å². The van der Waals surface area contributed by atoms with Crippen molar-refractivity contribution in [2.45, 2.75) is 12.8 Å². The molecule has 3 heteroatoms. The van der Waals surface area contributed by atoms with Crippen molar-refractivity contribution < 1.29 is 4.39 Å². The van der Waals surface area contributed by atoms with Crippen molar-refractivity contribution in [1.82, 2.24) is 0 Å². The standard InChI is InChI=1S/C16H13ClFN/c17-15-6-1-10(8-16(15)18)7-11-2-3-12-9-13(19)4-5-14(11)12/h1,4-9H,2-3,19H2/b11-7+. The summed E-state index contributed by atoms with van der Waals surface area (Å²) in [5.41, 5.74) is 11.1. The molecule has 0 aliphatic heterocycles. The van der Waals surface area contributed by atoms with E-state index in [1.54, 1.807) is 6.07 Å². The van der Waals surface area contributed by atoms with Crippen LogP contribution < -0.4 is 5.73 Å². The Bertz CT molecular complexity index is 676. The summed E-state index contributed by atoms with van der Waals surface area (Å²) in [6, 6.07) is 10.8. The van der Waals surface area contributed by atoms with E-state index in [4.69, 9.17) is 17.3 Å². The van der Waals surface area contributed by atoms with Gasteiger partial charge in [0.05, 0.1) is 5.02 Å². The molecule has 0 spiro atoms. The van der Waals surface area contributed by atoms with Crippen LogP contribution in [0.3, 0.4) is 0 Å². The minimum atomic E-state index is -0.383. The Morgan fingerprint density at radius 1 is 1.11 bits per heavy atom. The molecule has 19 heavy (non-hydrogen) atoms.